The smallest absolute Gasteiger partial charge is 0.279 e. The number of sulfone groups is 1. The third-order valence-electron chi connectivity index (χ3n) is 3.48. The van der Waals surface area contributed by atoms with Crippen molar-refractivity contribution in [2.24, 2.45) is 5.92 Å². The van der Waals surface area contributed by atoms with Crippen molar-refractivity contribution in [3.63, 3.8) is 0 Å². The summed E-state index contributed by atoms with van der Waals surface area (Å²) in [7, 11) is -3.36. The Bertz CT molecular complexity index is 676. The van der Waals surface area contributed by atoms with E-state index < -0.39 is 15.6 Å². The number of rotatable bonds is 4. The lowest BCUT2D eigenvalue weighted by Gasteiger charge is -2.23. The van der Waals surface area contributed by atoms with Gasteiger partial charge < -0.3 is 14.2 Å². The molecule has 1 aliphatic heterocycles. The SMILES string of the molecule is CC(C)COc1sc(S(C)(=O)=O)c2c1CCC21OC=CO1. The average molecular weight is 330 g/mol. The van der Waals surface area contributed by atoms with Crippen molar-refractivity contribution in [1.82, 2.24) is 0 Å². The monoisotopic (exact) mass is 330 g/mol. The van der Waals surface area contributed by atoms with Crippen LogP contribution in [0.25, 0.3) is 0 Å². The zero-order valence-corrected chi connectivity index (χ0v) is 13.8. The van der Waals surface area contributed by atoms with Crippen LogP contribution in [0, 0.1) is 5.92 Å². The van der Waals surface area contributed by atoms with Crippen LogP contribution in [0.2, 0.25) is 0 Å². The van der Waals surface area contributed by atoms with Gasteiger partial charge >= 0.3 is 0 Å². The van der Waals surface area contributed by atoms with E-state index in [0.717, 1.165) is 5.56 Å². The van der Waals surface area contributed by atoms with E-state index in [1.54, 1.807) is 0 Å². The van der Waals surface area contributed by atoms with E-state index in [0.29, 0.717) is 36.0 Å². The first kappa shape index (κ1) is 14.7. The first-order valence-electron chi connectivity index (χ1n) is 6.83. The second-order valence-corrected chi connectivity index (χ2v) is 8.96. The van der Waals surface area contributed by atoms with Crippen LogP contribution in [-0.4, -0.2) is 21.3 Å². The quantitative estimate of drug-likeness (QED) is 0.849. The normalized spacial score (nSPS) is 18.9. The standard InChI is InChI=1S/C14H18O5S2/c1-9(2)8-17-12-10-4-5-14(18-6-7-19-14)11(10)13(20-12)21(3,15)16/h6-7,9H,4-5,8H2,1-3H3. The third-order valence-corrected chi connectivity index (χ3v) is 6.45. The molecule has 0 atom stereocenters. The summed E-state index contributed by atoms with van der Waals surface area (Å²) in [5.41, 5.74) is 1.53. The molecule has 0 amide bonds. The van der Waals surface area contributed by atoms with E-state index in [4.69, 9.17) is 14.2 Å². The molecule has 3 rings (SSSR count). The number of ether oxygens (including phenoxy) is 3. The minimum Gasteiger partial charge on any atom is -0.483 e. The van der Waals surface area contributed by atoms with Gasteiger partial charge in [-0.15, -0.1) is 0 Å². The summed E-state index contributed by atoms with van der Waals surface area (Å²) in [5, 5.41) is 0.676. The summed E-state index contributed by atoms with van der Waals surface area (Å²) in [5.74, 6) is -0.607. The van der Waals surface area contributed by atoms with Crippen LogP contribution >= 0.6 is 11.3 Å². The van der Waals surface area contributed by atoms with E-state index >= 15 is 0 Å². The van der Waals surface area contributed by atoms with Crippen LogP contribution in [0.1, 0.15) is 31.4 Å². The van der Waals surface area contributed by atoms with Crippen molar-refractivity contribution in [2.45, 2.75) is 36.7 Å². The van der Waals surface area contributed by atoms with Crippen LogP contribution in [-0.2, 0) is 31.5 Å². The molecule has 0 radical (unpaired) electrons. The highest BCUT2D eigenvalue weighted by atomic mass is 32.2. The summed E-state index contributed by atoms with van der Waals surface area (Å²) in [4.78, 5) is 0. The first-order valence-corrected chi connectivity index (χ1v) is 9.54. The summed E-state index contributed by atoms with van der Waals surface area (Å²) in [6.07, 6.45) is 5.43. The molecular formula is C14H18O5S2. The molecule has 2 heterocycles. The molecule has 5 nitrogen and oxygen atoms in total. The van der Waals surface area contributed by atoms with Gasteiger partial charge in [-0.05, 0) is 12.3 Å². The number of fused-ring (bicyclic) bond motifs is 2. The van der Waals surface area contributed by atoms with E-state index in [-0.39, 0.29) is 4.21 Å². The average Bonchev–Trinajstić information content (AvgIpc) is 3.06. The Hall–Kier alpha value is -1.21. The maximum atomic E-state index is 12.1. The highest BCUT2D eigenvalue weighted by Gasteiger charge is 2.50. The molecule has 116 valence electrons. The molecule has 2 aliphatic rings. The highest BCUT2D eigenvalue weighted by molar-refractivity contribution is 7.92. The van der Waals surface area contributed by atoms with E-state index in [2.05, 4.69) is 13.8 Å². The van der Waals surface area contributed by atoms with Crippen molar-refractivity contribution in [1.29, 1.82) is 0 Å². The van der Waals surface area contributed by atoms with E-state index in [9.17, 15) is 8.42 Å². The molecule has 1 aliphatic carbocycles. The Morgan fingerprint density at radius 1 is 1.38 bits per heavy atom. The molecule has 21 heavy (non-hydrogen) atoms. The Balaban J connectivity index is 2.08. The molecule has 0 saturated heterocycles. The number of hydrogen-bond donors (Lipinski definition) is 0. The minimum absolute atomic E-state index is 0.289. The molecule has 0 unspecified atom stereocenters. The second kappa shape index (κ2) is 4.91. The lowest BCUT2D eigenvalue weighted by atomic mass is 10.1. The maximum Gasteiger partial charge on any atom is 0.279 e. The van der Waals surface area contributed by atoms with Gasteiger partial charge in [-0.1, -0.05) is 25.2 Å². The van der Waals surface area contributed by atoms with Crippen molar-refractivity contribution in [3.8, 4) is 5.06 Å². The van der Waals surface area contributed by atoms with Crippen LogP contribution in [0.15, 0.2) is 16.7 Å². The Morgan fingerprint density at radius 3 is 2.62 bits per heavy atom. The predicted molar refractivity (Wildman–Crippen MR) is 79.1 cm³/mol. The zero-order valence-electron chi connectivity index (χ0n) is 12.2. The minimum atomic E-state index is -3.36. The lowest BCUT2D eigenvalue weighted by molar-refractivity contribution is -0.148. The molecule has 0 N–H and O–H groups in total. The van der Waals surface area contributed by atoms with E-state index in [1.807, 2.05) is 0 Å². The Labute approximate surface area is 128 Å². The predicted octanol–water partition coefficient (Wildman–Crippen LogP) is 2.80. The molecule has 0 fully saturated rings. The fourth-order valence-corrected chi connectivity index (χ4v) is 5.09. The van der Waals surface area contributed by atoms with E-state index in [1.165, 1.54) is 30.1 Å². The van der Waals surface area contributed by atoms with Crippen LogP contribution in [0.4, 0.5) is 0 Å². The van der Waals surface area contributed by atoms with Gasteiger partial charge in [-0.2, -0.15) is 0 Å². The van der Waals surface area contributed by atoms with Gasteiger partial charge in [0.25, 0.3) is 5.79 Å². The van der Waals surface area contributed by atoms with Gasteiger partial charge in [0, 0.05) is 18.2 Å². The molecule has 0 saturated carbocycles. The fraction of sp³-hybridized carbons (Fsp3) is 0.571. The topological polar surface area (TPSA) is 61.8 Å². The molecular weight excluding hydrogens is 312 g/mol. The Kier molecular flexibility index (Phi) is 3.44. The molecule has 7 heteroatoms. The summed E-state index contributed by atoms with van der Waals surface area (Å²) >= 11 is 1.17. The van der Waals surface area contributed by atoms with Gasteiger partial charge in [-0.3, -0.25) is 0 Å². The first-order chi connectivity index (χ1) is 9.83. The molecule has 1 aromatic heterocycles. The van der Waals surface area contributed by atoms with Crippen LogP contribution in [0.5, 0.6) is 5.06 Å². The molecule has 1 spiro atoms. The van der Waals surface area contributed by atoms with Crippen molar-refractivity contribution >= 4 is 21.2 Å². The van der Waals surface area contributed by atoms with Gasteiger partial charge in [-0.25, -0.2) is 8.42 Å². The number of thiophene rings is 1. The number of hydrogen-bond acceptors (Lipinski definition) is 6. The van der Waals surface area contributed by atoms with Gasteiger partial charge in [0.1, 0.15) is 16.7 Å². The van der Waals surface area contributed by atoms with Crippen LogP contribution in [0.3, 0.4) is 0 Å². The van der Waals surface area contributed by atoms with Gasteiger partial charge in [0.15, 0.2) is 14.9 Å². The van der Waals surface area contributed by atoms with Crippen molar-refractivity contribution in [3.05, 3.63) is 23.7 Å². The molecule has 1 aromatic rings. The van der Waals surface area contributed by atoms with Gasteiger partial charge in [0.05, 0.1) is 12.2 Å². The van der Waals surface area contributed by atoms with Crippen LogP contribution < -0.4 is 4.74 Å². The zero-order chi connectivity index (χ0) is 15.3. The fourth-order valence-electron chi connectivity index (χ4n) is 2.61. The highest BCUT2D eigenvalue weighted by Crippen LogP contribution is 2.53. The van der Waals surface area contributed by atoms with Crippen molar-refractivity contribution in [2.75, 3.05) is 12.9 Å². The summed E-state index contributed by atoms with van der Waals surface area (Å²) in [6.45, 7) is 4.67. The third kappa shape index (κ3) is 2.42. The lowest BCUT2D eigenvalue weighted by Crippen LogP contribution is -2.24. The summed E-state index contributed by atoms with van der Waals surface area (Å²) < 4.78 is 41.5. The van der Waals surface area contributed by atoms with Crippen molar-refractivity contribution < 1.29 is 22.6 Å². The second-order valence-electron chi connectivity index (χ2n) is 5.77. The van der Waals surface area contributed by atoms with Gasteiger partial charge in [0.2, 0.25) is 0 Å². The molecule has 0 aromatic carbocycles. The Morgan fingerprint density at radius 2 is 2.05 bits per heavy atom. The maximum absolute atomic E-state index is 12.1. The largest absolute Gasteiger partial charge is 0.483 e. The molecule has 0 bridgehead atoms. The summed E-state index contributed by atoms with van der Waals surface area (Å²) in [6, 6.07) is 0.